The molecule has 0 unspecified atom stereocenters. The third-order valence-electron chi connectivity index (χ3n) is 3.42. The smallest absolute Gasteiger partial charge is 0.308 e. The molecule has 2 aromatic rings. The van der Waals surface area contributed by atoms with Gasteiger partial charge in [-0.3, -0.25) is 4.79 Å². The Morgan fingerprint density at radius 1 is 1.44 bits per heavy atom. The lowest BCUT2D eigenvalue weighted by atomic mass is 10.0. The van der Waals surface area contributed by atoms with Crippen molar-refractivity contribution in [3.05, 3.63) is 17.8 Å². The molecule has 0 aliphatic heterocycles. The maximum atomic E-state index is 11.1. The zero-order valence-electron chi connectivity index (χ0n) is 9.67. The monoisotopic (exact) mass is 263 g/mol. The number of aliphatic carboxylic acids is 1. The summed E-state index contributed by atoms with van der Waals surface area (Å²) in [5, 5.41) is 15.4. The van der Waals surface area contributed by atoms with Crippen molar-refractivity contribution in [2.75, 3.05) is 5.32 Å². The Kier molecular flexibility index (Phi) is 2.87. The van der Waals surface area contributed by atoms with E-state index in [1.807, 2.05) is 11.4 Å². The van der Waals surface area contributed by atoms with Crippen LogP contribution in [-0.2, 0) is 4.79 Å². The second kappa shape index (κ2) is 4.53. The first-order chi connectivity index (χ1) is 8.75. The summed E-state index contributed by atoms with van der Waals surface area (Å²) in [7, 11) is 0. The van der Waals surface area contributed by atoms with Gasteiger partial charge in [-0.25, -0.2) is 9.97 Å². The number of nitrogens with one attached hydrogen (secondary N) is 1. The molecule has 6 heteroatoms. The molecule has 1 fully saturated rings. The van der Waals surface area contributed by atoms with Crippen LogP contribution in [0, 0.1) is 5.92 Å². The summed E-state index contributed by atoms with van der Waals surface area (Å²) in [6.45, 7) is 0. The van der Waals surface area contributed by atoms with Crippen LogP contribution >= 0.6 is 11.3 Å². The van der Waals surface area contributed by atoms with Crippen molar-refractivity contribution in [2.45, 2.75) is 25.3 Å². The first kappa shape index (κ1) is 11.4. The minimum atomic E-state index is -0.722. The number of aromatic nitrogens is 2. The average molecular weight is 263 g/mol. The van der Waals surface area contributed by atoms with E-state index < -0.39 is 5.97 Å². The van der Waals surface area contributed by atoms with Gasteiger partial charge in [0.1, 0.15) is 17.0 Å². The Balaban J connectivity index is 1.88. The highest BCUT2D eigenvalue weighted by molar-refractivity contribution is 7.16. The number of hydrogen-bond acceptors (Lipinski definition) is 5. The van der Waals surface area contributed by atoms with E-state index in [9.17, 15) is 4.79 Å². The highest BCUT2D eigenvalue weighted by atomic mass is 32.1. The van der Waals surface area contributed by atoms with Gasteiger partial charge >= 0.3 is 5.97 Å². The highest BCUT2D eigenvalue weighted by Gasteiger charge is 2.33. The highest BCUT2D eigenvalue weighted by Crippen LogP contribution is 2.31. The Morgan fingerprint density at radius 3 is 3.17 bits per heavy atom. The van der Waals surface area contributed by atoms with Gasteiger partial charge in [-0.05, 0) is 24.3 Å². The van der Waals surface area contributed by atoms with Crippen LogP contribution in [0.3, 0.4) is 0 Å². The summed E-state index contributed by atoms with van der Waals surface area (Å²) in [6.07, 6.45) is 4.09. The number of carboxylic acid groups (broad SMARTS) is 1. The van der Waals surface area contributed by atoms with Crippen LogP contribution < -0.4 is 5.32 Å². The third-order valence-corrected chi connectivity index (χ3v) is 4.24. The van der Waals surface area contributed by atoms with E-state index in [-0.39, 0.29) is 12.0 Å². The zero-order valence-corrected chi connectivity index (χ0v) is 10.5. The van der Waals surface area contributed by atoms with Crippen molar-refractivity contribution >= 4 is 33.3 Å². The topological polar surface area (TPSA) is 75.1 Å². The van der Waals surface area contributed by atoms with Gasteiger partial charge in [-0.15, -0.1) is 11.3 Å². The van der Waals surface area contributed by atoms with Gasteiger partial charge in [0.2, 0.25) is 0 Å². The SMILES string of the molecule is O=C(O)[C@@H]1CCC[C@@H]1Nc1ncnc2sccc12. The van der Waals surface area contributed by atoms with Crippen molar-refractivity contribution < 1.29 is 9.90 Å². The Morgan fingerprint density at radius 2 is 2.33 bits per heavy atom. The molecule has 0 aromatic carbocycles. The number of rotatable bonds is 3. The van der Waals surface area contributed by atoms with E-state index in [0.717, 1.165) is 35.3 Å². The molecule has 3 rings (SSSR count). The van der Waals surface area contributed by atoms with Gasteiger partial charge in [0.15, 0.2) is 0 Å². The summed E-state index contributed by atoms with van der Waals surface area (Å²) in [6, 6.07) is 1.94. The molecule has 94 valence electrons. The summed E-state index contributed by atoms with van der Waals surface area (Å²) in [5.41, 5.74) is 0. The fourth-order valence-electron chi connectivity index (χ4n) is 2.51. The molecular formula is C12H13N3O2S. The molecule has 2 atom stereocenters. The molecule has 2 aromatic heterocycles. The lowest BCUT2D eigenvalue weighted by molar-refractivity contribution is -0.141. The van der Waals surface area contributed by atoms with E-state index in [1.165, 1.54) is 6.33 Å². The maximum Gasteiger partial charge on any atom is 0.308 e. The number of fused-ring (bicyclic) bond motifs is 1. The fourth-order valence-corrected chi connectivity index (χ4v) is 3.24. The molecule has 1 aliphatic rings. The van der Waals surface area contributed by atoms with Crippen LogP contribution in [0.4, 0.5) is 5.82 Å². The van der Waals surface area contributed by atoms with Crippen molar-refractivity contribution in [3.63, 3.8) is 0 Å². The summed E-state index contributed by atoms with van der Waals surface area (Å²) in [4.78, 5) is 20.5. The molecule has 18 heavy (non-hydrogen) atoms. The maximum absolute atomic E-state index is 11.1. The van der Waals surface area contributed by atoms with E-state index in [2.05, 4.69) is 15.3 Å². The van der Waals surface area contributed by atoms with Crippen LogP contribution in [0.1, 0.15) is 19.3 Å². The Labute approximate surface area is 108 Å². The molecule has 2 N–H and O–H groups in total. The second-order valence-electron chi connectivity index (χ2n) is 4.49. The van der Waals surface area contributed by atoms with Crippen LogP contribution in [0.25, 0.3) is 10.2 Å². The number of carboxylic acids is 1. The van der Waals surface area contributed by atoms with Crippen LogP contribution in [0.5, 0.6) is 0 Å². The predicted octanol–water partition coefficient (Wildman–Crippen LogP) is 2.36. The molecule has 5 nitrogen and oxygen atoms in total. The van der Waals surface area contributed by atoms with Gasteiger partial charge in [-0.2, -0.15) is 0 Å². The zero-order chi connectivity index (χ0) is 12.5. The van der Waals surface area contributed by atoms with Gasteiger partial charge < -0.3 is 10.4 Å². The standard InChI is InChI=1S/C12H13N3O2S/c16-12(17)7-2-1-3-9(7)15-10-8-4-5-18-11(8)14-6-13-10/h4-7,9H,1-3H2,(H,16,17)(H,13,14,15)/t7-,9+/m1/s1. The molecule has 0 spiro atoms. The average Bonchev–Trinajstić information content (AvgIpc) is 2.96. The predicted molar refractivity (Wildman–Crippen MR) is 69.8 cm³/mol. The molecule has 2 heterocycles. The molecule has 1 aliphatic carbocycles. The van der Waals surface area contributed by atoms with Gasteiger partial charge in [-0.1, -0.05) is 6.42 Å². The molecule has 0 radical (unpaired) electrons. The van der Waals surface area contributed by atoms with Crippen molar-refractivity contribution in [2.24, 2.45) is 5.92 Å². The van der Waals surface area contributed by atoms with Gasteiger partial charge in [0.25, 0.3) is 0 Å². The molecule has 0 amide bonds. The second-order valence-corrected chi connectivity index (χ2v) is 5.38. The number of hydrogen-bond donors (Lipinski definition) is 2. The first-order valence-corrected chi connectivity index (χ1v) is 6.81. The van der Waals surface area contributed by atoms with E-state index in [4.69, 9.17) is 5.11 Å². The molecule has 0 saturated heterocycles. The third kappa shape index (κ3) is 1.92. The summed E-state index contributed by atoms with van der Waals surface area (Å²) in [5.74, 6) is -0.284. The molecule has 0 bridgehead atoms. The van der Waals surface area contributed by atoms with E-state index >= 15 is 0 Å². The minimum absolute atomic E-state index is 0.0273. The number of carbonyl (C=O) groups is 1. The van der Waals surface area contributed by atoms with Crippen molar-refractivity contribution in [1.82, 2.24) is 9.97 Å². The summed E-state index contributed by atoms with van der Waals surface area (Å²) < 4.78 is 0. The first-order valence-electron chi connectivity index (χ1n) is 5.93. The Hall–Kier alpha value is -1.69. The van der Waals surface area contributed by atoms with Crippen molar-refractivity contribution in [1.29, 1.82) is 0 Å². The molecule has 1 saturated carbocycles. The van der Waals surface area contributed by atoms with Crippen LogP contribution in [-0.4, -0.2) is 27.1 Å². The van der Waals surface area contributed by atoms with Crippen molar-refractivity contribution in [3.8, 4) is 0 Å². The largest absolute Gasteiger partial charge is 0.481 e. The lowest BCUT2D eigenvalue weighted by Gasteiger charge is -2.18. The van der Waals surface area contributed by atoms with Gasteiger partial charge in [0.05, 0.1) is 11.3 Å². The number of thiophene rings is 1. The minimum Gasteiger partial charge on any atom is -0.481 e. The van der Waals surface area contributed by atoms with Crippen LogP contribution in [0.2, 0.25) is 0 Å². The quantitative estimate of drug-likeness (QED) is 0.889. The van der Waals surface area contributed by atoms with E-state index in [1.54, 1.807) is 11.3 Å². The lowest BCUT2D eigenvalue weighted by Crippen LogP contribution is -2.30. The Bertz CT molecular complexity index is 583. The normalized spacial score (nSPS) is 23.3. The number of nitrogens with zero attached hydrogens (tertiary/aromatic N) is 2. The van der Waals surface area contributed by atoms with Crippen LogP contribution in [0.15, 0.2) is 17.8 Å². The van der Waals surface area contributed by atoms with Gasteiger partial charge in [0, 0.05) is 6.04 Å². The summed E-state index contributed by atoms with van der Waals surface area (Å²) >= 11 is 1.56. The van der Waals surface area contributed by atoms with E-state index in [0.29, 0.717) is 0 Å². The fraction of sp³-hybridized carbons (Fsp3) is 0.417. The number of anilines is 1. The molecular weight excluding hydrogens is 250 g/mol.